The third kappa shape index (κ3) is 6.56. The fourth-order valence-electron chi connectivity index (χ4n) is 1.56. The van der Waals surface area contributed by atoms with Crippen LogP contribution in [0.25, 0.3) is 0 Å². The minimum atomic E-state index is 0.522. The van der Waals surface area contributed by atoms with Crippen LogP contribution < -0.4 is 0 Å². The predicted molar refractivity (Wildman–Crippen MR) is 66.9 cm³/mol. The smallest absolute Gasteiger partial charge is 0.0253 e. The molecule has 0 aromatic heterocycles. The van der Waals surface area contributed by atoms with E-state index in [-0.39, 0.29) is 0 Å². The van der Waals surface area contributed by atoms with Crippen molar-refractivity contribution in [1.82, 2.24) is 0 Å². The highest BCUT2D eigenvalue weighted by molar-refractivity contribution is 6.20. The quantitative estimate of drug-likeness (QED) is 0.351. The Morgan fingerprint density at radius 3 is 2.23 bits per heavy atom. The van der Waals surface area contributed by atoms with Crippen molar-refractivity contribution in [2.24, 2.45) is 5.92 Å². The Hall–Kier alpha value is 0.507. The van der Waals surface area contributed by atoms with E-state index in [1.165, 1.54) is 42.3 Å². The summed E-state index contributed by atoms with van der Waals surface area (Å²) in [4.78, 5) is 0. The molecule has 0 amide bonds. The average molecular weight is 221 g/mol. The fourth-order valence-corrected chi connectivity index (χ4v) is 2.93. The molecule has 0 nitrogen and oxygen atoms in total. The maximum absolute atomic E-state index is 5.99. The van der Waals surface area contributed by atoms with E-state index < -0.39 is 0 Å². The van der Waals surface area contributed by atoms with E-state index in [4.69, 9.17) is 11.6 Å². The van der Waals surface area contributed by atoms with E-state index in [2.05, 4.69) is 20.8 Å². The third-order valence-electron chi connectivity index (χ3n) is 2.82. The zero-order valence-electron chi connectivity index (χ0n) is 9.70. The summed E-state index contributed by atoms with van der Waals surface area (Å²) in [7, 11) is 1.26. The molecule has 1 unspecified atom stereocenters. The molecule has 0 saturated heterocycles. The van der Waals surface area contributed by atoms with Crippen molar-refractivity contribution in [3.63, 3.8) is 0 Å². The highest BCUT2D eigenvalue weighted by Crippen LogP contribution is 2.35. The Balaban J connectivity index is 3.61. The van der Waals surface area contributed by atoms with Gasteiger partial charge in [-0.1, -0.05) is 46.5 Å². The lowest BCUT2D eigenvalue weighted by atomic mass is 9.91. The lowest BCUT2D eigenvalue weighted by Crippen LogP contribution is -2.19. The van der Waals surface area contributed by atoms with E-state index in [1.807, 2.05) is 0 Å². The largest absolute Gasteiger partial charge is 0.126 e. The Morgan fingerprint density at radius 1 is 1.23 bits per heavy atom. The van der Waals surface area contributed by atoms with E-state index >= 15 is 0 Å². The van der Waals surface area contributed by atoms with E-state index in [0.29, 0.717) is 5.04 Å². The zero-order valence-corrected chi connectivity index (χ0v) is 12.5. The molecule has 0 bridgehead atoms. The minimum absolute atomic E-state index is 0.522. The summed E-state index contributed by atoms with van der Waals surface area (Å²) >= 11 is 5.99. The molecule has 0 aliphatic rings. The first-order valence-corrected chi connectivity index (χ1v) is 7.11. The van der Waals surface area contributed by atoms with Gasteiger partial charge in [0.25, 0.3) is 0 Å². The number of unbranched alkanes of at least 4 members (excludes halogenated alkanes) is 3. The summed E-state index contributed by atoms with van der Waals surface area (Å²) in [5, 5.41) is 0.522. The van der Waals surface area contributed by atoms with Crippen LogP contribution >= 0.6 is 11.6 Å². The lowest BCUT2D eigenvalue weighted by molar-refractivity contribution is 0.397. The zero-order chi connectivity index (χ0) is 10.3. The van der Waals surface area contributed by atoms with Gasteiger partial charge in [-0.25, -0.2) is 0 Å². The molecule has 0 spiro atoms. The highest BCUT2D eigenvalue weighted by Gasteiger charge is 2.22. The Labute approximate surface area is 91.9 Å². The molecule has 0 aromatic rings. The van der Waals surface area contributed by atoms with E-state index in [0.717, 1.165) is 11.8 Å². The number of halogens is 1. The average Bonchev–Trinajstić information content (AvgIpc) is 2.02. The standard InChI is InChI=1S/C11H25ClSi/c1-4-5-6-7-8-10(9-12)11(2,3)13/h10H,4-9H2,1-3,13H3. The van der Waals surface area contributed by atoms with E-state index in [1.54, 1.807) is 0 Å². The summed E-state index contributed by atoms with van der Waals surface area (Å²) < 4.78 is 0. The molecule has 0 aliphatic heterocycles. The Kier molecular flexibility index (Phi) is 7.16. The van der Waals surface area contributed by atoms with Crippen LogP contribution in [0.2, 0.25) is 5.04 Å². The molecule has 0 saturated carbocycles. The van der Waals surface area contributed by atoms with Crippen LogP contribution in [0.5, 0.6) is 0 Å². The first-order chi connectivity index (χ1) is 6.02. The number of rotatable bonds is 7. The van der Waals surface area contributed by atoms with Gasteiger partial charge in [0.2, 0.25) is 0 Å². The van der Waals surface area contributed by atoms with Crippen LogP contribution in [0.1, 0.15) is 52.9 Å². The predicted octanol–water partition coefficient (Wildman–Crippen LogP) is 3.38. The van der Waals surface area contributed by atoms with Crippen LogP contribution in [0.15, 0.2) is 0 Å². The molecule has 1 atom stereocenters. The van der Waals surface area contributed by atoms with Gasteiger partial charge in [-0.05, 0) is 17.4 Å². The summed E-state index contributed by atoms with van der Waals surface area (Å²) in [6, 6.07) is 0. The summed E-state index contributed by atoms with van der Waals surface area (Å²) in [6.45, 7) is 6.97. The molecule has 0 rings (SSSR count). The van der Waals surface area contributed by atoms with Gasteiger partial charge in [-0.3, -0.25) is 0 Å². The van der Waals surface area contributed by atoms with Gasteiger partial charge in [-0.15, -0.1) is 11.6 Å². The van der Waals surface area contributed by atoms with Crippen molar-refractivity contribution in [1.29, 1.82) is 0 Å². The molecule has 0 aromatic carbocycles. The summed E-state index contributed by atoms with van der Waals surface area (Å²) in [5.41, 5.74) is 0. The van der Waals surface area contributed by atoms with Gasteiger partial charge >= 0.3 is 0 Å². The second-order valence-electron chi connectivity index (χ2n) is 5.07. The maximum Gasteiger partial charge on any atom is 0.0253 e. The highest BCUT2D eigenvalue weighted by atomic mass is 35.5. The van der Waals surface area contributed by atoms with Crippen molar-refractivity contribution in [2.75, 3.05) is 5.88 Å². The number of alkyl halides is 1. The minimum Gasteiger partial charge on any atom is -0.126 e. The van der Waals surface area contributed by atoms with Gasteiger partial charge < -0.3 is 0 Å². The summed E-state index contributed by atoms with van der Waals surface area (Å²) in [6.07, 6.45) is 6.81. The molecule has 0 fully saturated rings. The van der Waals surface area contributed by atoms with Crippen LogP contribution in [0, 0.1) is 5.92 Å². The molecular formula is C11H25ClSi. The molecule has 0 heterocycles. The van der Waals surface area contributed by atoms with Gasteiger partial charge in [-0.2, -0.15) is 0 Å². The van der Waals surface area contributed by atoms with Crippen molar-refractivity contribution in [3.05, 3.63) is 0 Å². The van der Waals surface area contributed by atoms with Crippen molar-refractivity contribution in [3.8, 4) is 0 Å². The fraction of sp³-hybridized carbons (Fsp3) is 1.00. The Morgan fingerprint density at radius 2 is 1.85 bits per heavy atom. The topological polar surface area (TPSA) is 0 Å². The molecule has 13 heavy (non-hydrogen) atoms. The molecule has 2 heteroatoms. The van der Waals surface area contributed by atoms with Gasteiger partial charge in [0.05, 0.1) is 0 Å². The van der Waals surface area contributed by atoms with Crippen LogP contribution in [0.3, 0.4) is 0 Å². The molecule has 0 aliphatic carbocycles. The molecular weight excluding hydrogens is 196 g/mol. The van der Waals surface area contributed by atoms with Crippen LogP contribution in [0.4, 0.5) is 0 Å². The number of hydrogen-bond donors (Lipinski definition) is 0. The van der Waals surface area contributed by atoms with Crippen LogP contribution in [-0.4, -0.2) is 16.1 Å². The SMILES string of the molecule is CCCCCCC(CCl)C(C)(C)[SiH3]. The Bertz CT molecular complexity index is 118. The van der Waals surface area contributed by atoms with Crippen LogP contribution in [-0.2, 0) is 0 Å². The summed E-state index contributed by atoms with van der Waals surface area (Å²) in [5.74, 6) is 1.60. The first kappa shape index (κ1) is 13.5. The van der Waals surface area contributed by atoms with Gasteiger partial charge in [0.1, 0.15) is 0 Å². The lowest BCUT2D eigenvalue weighted by Gasteiger charge is -2.29. The maximum atomic E-state index is 5.99. The van der Waals surface area contributed by atoms with Gasteiger partial charge in [0, 0.05) is 16.1 Å². The van der Waals surface area contributed by atoms with Crippen molar-refractivity contribution in [2.45, 2.75) is 57.9 Å². The molecule has 0 N–H and O–H groups in total. The van der Waals surface area contributed by atoms with E-state index in [9.17, 15) is 0 Å². The van der Waals surface area contributed by atoms with Crippen molar-refractivity contribution < 1.29 is 0 Å². The second-order valence-corrected chi connectivity index (χ2v) is 7.95. The third-order valence-corrected chi connectivity index (χ3v) is 4.01. The van der Waals surface area contributed by atoms with Gasteiger partial charge in [0.15, 0.2) is 0 Å². The number of hydrogen-bond acceptors (Lipinski definition) is 0. The molecule has 0 radical (unpaired) electrons. The first-order valence-electron chi connectivity index (χ1n) is 5.58. The second kappa shape index (κ2) is 6.89. The van der Waals surface area contributed by atoms with Crippen molar-refractivity contribution >= 4 is 21.8 Å². The molecule has 80 valence electrons. The monoisotopic (exact) mass is 220 g/mol. The normalized spacial score (nSPS) is 14.8.